The van der Waals surface area contributed by atoms with Crippen LogP contribution in [0.5, 0.6) is 5.75 Å². The molecule has 0 bridgehead atoms. The van der Waals surface area contributed by atoms with E-state index < -0.39 is 17.7 Å². The van der Waals surface area contributed by atoms with Gasteiger partial charge < -0.3 is 25.0 Å². The van der Waals surface area contributed by atoms with Gasteiger partial charge in [0.05, 0.1) is 31.4 Å². The summed E-state index contributed by atoms with van der Waals surface area (Å²) < 4.78 is 5.25. The van der Waals surface area contributed by atoms with Crippen molar-refractivity contribution in [1.82, 2.24) is 4.90 Å². The van der Waals surface area contributed by atoms with E-state index in [0.717, 1.165) is 5.56 Å². The van der Waals surface area contributed by atoms with E-state index in [4.69, 9.17) is 9.84 Å². The summed E-state index contributed by atoms with van der Waals surface area (Å²) in [5, 5.41) is 29.6. The number of aliphatic hydroxyl groups excluding tert-OH is 2. The van der Waals surface area contributed by atoms with Crippen molar-refractivity contribution in [2.75, 3.05) is 26.4 Å². The molecule has 0 spiro atoms. The minimum Gasteiger partial charge on any atom is -0.508 e. The van der Waals surface area contributed by atoms with Crippen molar-refractivity contribution in [2.24, 2.45) is 0 Å². The summed E-state index contributed by atoms with van der Waals surface area (Å²) in [7, 11) is 0. The molecule has 3 N–H and O–H groups in total. The summed E-state index contributed by atoms with van der Waals surface area (Å²) in [4.78, 5) is 26.8. The number of carbonyl (C=O) groups is 2. The van der Waals surface area contributed by atoms with E-state index in [1.165, 1.54) is 17.0 Å². The van der Waals surface area contributed by atoms with Crippen LogP contribution in [0.1, 0.15) is 22.7 Å². The van der Waals surface area contributed by atoms with Crippen LogP contribution in [0.25, 0.3) is 5.76 Å². The molecule has 1 saturated heterocycles. The van der Waals surface area contributed by atoms with E-state index in [-0.39, 0.29) is 43.4 Å². The fourth-order valence-electron chi connectivity index (χ4n) is 3.35. The number of nitrogens with zero attached hydrogens (tertiary/aromatic N) is 1. The highest BCUT2D eigenvalue weighted by Crippen LogP contribution is 2.39. The van der Waals surface area contributed by atoms with Crippen molar-refractivity contribution in [3.8, 4) is 5.75 Å². The topological polar surface area (TPSA) is 107 Å². The van der Waals surface area contributed by atoms with E-state index in [1.54, 1.807) is 36.4 Å². The van der Waals surface area contributed by atoms with Gasteiger partial charge in [-0.3, -0.25) is 9.59 Å². The molecule has 0 aliphatic carbocycles. The number of phenols is 1. The first-order valence-electron chi connectivity index (χ1n) is 9.27. The predicted molar refractivity (Wildman–Crippen MR) is 106 cm³/mol. The molecule has 7 nitrogen and oxygen atoms in total. The number of ketones is 1. The van der Waals surface area contributed by atoms with Crippen molar-refractivity contribution in [1.29, 1.82) is 0 Å². The molecule has 2 aromatic rings. The Morgan fingerprint density at radius 2 is 1.83 bits per heavy atom. The van der Waals surface area contributed by atoms with Gasteiger partial charge in [-0.2, -0.15) is 0 Å². The highest BCUT2D eigenvalue weighted by molar-refractivity contribution is 6.46. The lowest BCUT2D eigenvalue weighted by molar-refractivity contribution is -0.140. The summed E-state index contributed by atoms with van der Waals surface area (Å²) in [6.07, 6.45) is 0. The maximum atomic E-state index is 12.8. The number of likely N-dealkylation sites (tertiary alicyclic amines) is 1. The second-order valence-electron chi connectivity index (χ2n) is 6.79. The molecule has 1 amide bonds. The monoisotopic (exact) mass is 397 g/mol. The molecule has 3 rings (SSSR count). The molecule has 152 valence electrons. The molecular formula is C22H23NO6. The molecule has 1 aliphatic heterocycles. The molecule has 7 heteroatoms. The summed E-state index contributed by atoms with van der Waals surface area (Å²) in [5.41, 5.74) is 1.88. The number of rotatable bonds is 7. The highest BCUT2D eigenvalue weighted by Gasteiger charge is 2.45. The van der Waals surface area contributed by atoms with E-state index in [2.05, 4.69) is 0 Å². The first-order valence-corrected chi connectivity index (χ1v) is 9.27. The number of hydrogen-bond acceptors (Lipinski definition) is 6. The number of carbonyl (C=O) groups excluding carboxylic acids is 2. The largest absolute Gasteiger partial charge is 0.508 e. The summed E-state index contributed by atoms with van der Waals surface area (Å²) in [5.74, 6) is -1.83. The zero-order valence-electron chi connectivity index (χ0n) is 16.0. The molecule has 1 aliphatic rings. The predicted octanol–water partition coefficient (Wildman–Crippen LogP) is 2.13. The first-order chi connectivity index (χ1) is 13.9. The maximum absolute atomic E-state index is 12.8. The SMILES string of the molecule is Cc1ccc(C(O)=C2C(=O)C(=O)N(CCOCCO)C2c2cccc(O)c2)cc1. The van der Waals surface area contributed by atoms with E-state index in [0.29, 0.717) is 11.1 Å². The van der Waals surface area contributed by atoms with Gasteiger partial charge in [0.1, 0.15) is 11.5 Å². The number of ether oxygens (including phenoxy) is 1. The van der Waals surface area contributed by atoms with Crippen LogP contribution in [0.15, 0.2) is 54.1 Å². The molecule has 29 heavy (non-hydrogen) atoms. The van der Waals surface area contributed by atoms with Gasteiger partial charge >= 0.3 is 0 Å². The van der Waals surface area contributed by atoms with Crippen LogP contribution in [0.4, 0.5) is 0 Å². The normalized spacial score (nSPS) is 18.4. The third-order valence-electron chi connectivity index (χ3n) is 4.76. The van der Waals surface area contributed by atoms with Crippen LogP contribution in [0.2, 0.25) is 0 Å². The molecule has 0 radical (unpaired) electrons. The van der Waals surface area contributed by atoms with Crippen LogP contribution < -0.4 is 0 Å². The van der Waals surface area contributed by atoms with Crippen LogP contribution in [-0.2, 0) is 14.3 Å². The summed E-state index contributed by atoms with van der Waals surface area (Å²) in [6, 6.07) is 12.3. The standard InChI is InChI=1S/C22H23NO6/c1-14-5-7-15(8-6-14)20(26)18-19(16-3-2-4-17(25)13-16)23(22(28)21(18)27)9-11-29-12-10-24/h2-8,13,19,24-26H,9-12H2,1H3. The smallest absolute Gasteiger partial charge is 0.295 e. The Labute approximate surface area is 168 Å². The minimum atomic E-state index is -0.860. The van der Waals surface area contributed by atoms with Crippen LogP contribution in [-0.4, -0.2) is 58.3 Å². The lowest BCUT2D eigenvalue weighted by Crippen LogP contribution is -2.33. The van der Waals surface area contributed by atoms with Gasteiger partial charge in [-0.25, -0.2) is 0 Å². The summed E-state index contributed by atoms with van der Waals surface area (Å²) >= 11 is 0. The van der Waals surface area contributed by atoms with Gasteiger partial charge in [0, 0.05) is 12.1 Å². The molecule has 0 saturated carbocycles. The quantitative estimate of drug-likeness (QED) is 0.286. The van der Waals surface area contributed by atoms with Crippen molar-refractivity contribution >= 4 is 17.4 Å². The zero-order chi connectivity index (χ0) is 21.0. The number of aryl methyl sites for hydroxylation is 1. The van der Waals surface area contributed by atoms with Crippen LogP contribution >= 0.6 is 0 Å². The summed E-state index contributed by atoms with van der Waals surface area (Å²) in [6.45, 7) is 2.08. The lowest BCUT2D eigenvalue weighted by Gasteiger charge is -2.25. The van der Waals surface area contributed by atoms with Gasteiger partial charge in [0.15, 0.2) is 0 Å². The molecule has 1 unspecified atom stereocenters. The van der Waals surface area contributed by atoms with Gasteiger partial charge in [-0.1, -0.05) is 42.0 Å². The molecular weight excluding hydrogens is 374 g/mol. The Morgan fingerprint density at radius 1 is 1.10 bits per heavy atom. The minimum absolute atomic E-state index is 0.0139. The van der Waals surface area contributed by atoms with Gasteiger partial charge in [-0.15, -0.1) is 0 Å². The Kier molecular flexibility index (Phi) is 6.31. The number of aromatic hydroxyl groups is 1. The number of hydrogen-bond donors (Lipinski definition) is 3. The molecule has 1 fully saturated rings. The van der Waals surface area contributed by atoms with Crippen molar-refractivity contribution < 1.29 is 29.6 Å². The van der Waals surface area contributed by atoms with E-state index in [9.17, 15) is 19.8 Å². The zero-order valence-corrected chi connectivity index (χ0v) is 16.0. The third kappa shape index (κ3) is 4.31. The second kappa shape index (κ2) is 8.89. The Bertz CT molecular complexity index is 935. The fourth-order valence-corrected chi connectivity index (χ4v) is 3.35. The van der Waals surface area contributed by atoms with Gasteiger partial charge in [0.2, 0.25) is 0 Å². The van der Waals surface area contributed by atoms with Crippen molar-refractivity contribution in [3.05, 3.63) is 70.8 Å². The average molecular weight is 397 g/mol. The molecule has 2 aromatic carbocycles. The molecule has 1 atom stereocenters. The molecule has 1 heterocycles. The van der Waals surface area contributed by atoms with Gasteiger partial charge in [-0.05, 0) is 24.6 Å². The van der Waals surface area contributed by atoms with E-state index >= 15 is 0 Å². The number of Topliss-reactive ketones (excluding diaryl/α,β-unsaturated/α-hetero) is 1. The number of benzene rings is 2. The first kappa shape index (κ1) is 20.6. The number of aliphatic hydroxyl groups is 2. The highest BCUT2D eigenvalue weighted by atomic mass is 16.5. The van der Waals surface area contributed by atoms with Crippen molar-refractivity contribution in [2.45, 2.75) is 13.0 Å². The fraction of sp³-hybridized carbons (Fsp3) is 0.273. The lowest BCUT2D eigenvalue weighted by atomic mass is 9.95. The maximum Gasteiger partial charge on any atom is 0.295 e. The average Bonchev–Trinajstić information content (AvgIpc) is 2.96. The second-order valence-corrected chi connectivity index (χ2v) is 6.79. The van der Waals surface area contributed by atoms with Crippen LogP contribution in [0, 0.1) is 6.92 Å². The third-order valence-corrected chi connectivity index (χ3v) is 4.76. The van der Waals surface area contributed by atoms with Crippen molar-refractivity contribution in [3.63, 3.8) is 0 Å². The number of phenolic OH excluding ortho intramolecular Hbond substituents is 1. The van der Waals surface area contributed by atoms with E-state index in [1.807, 2.05) is 6.92 Å². The van der Waals surface area contributed by atoms with Crippen LogP contribution in [0.3, 0.4) is 0 Å². The Morgan fingerprint density at radius 3 is 2.48 bits per heavy atom. The molecule has 0 aromatic heterocycles. The Hall–Kier alpha value is -3.16. The van der Waals surface area contributed by atoms with Gasteiger partial charge in [0.25, 0.3) is 11.7 Å². The number of amides is 1. The Balaban J connectivity index is 2.07.